The maximum atomic E-state index is 14.2. The summed E-state index contributed by atoms with van der Waals surface area (Å²) < 4.78 is 0. The summed E-state index contributed by atoms with van der Waals surface area (Å²) in [5.41, 5.74) is -0.616. The van der Waals surface area contributed by atoms with Crippen molar-refractivity contribution in [3.63, 3.8) is 0 Å². The van der Waals surface area contributed by atoms with E-state index in [0.717, 1.165) is 32.1 Å². The van der Waals surface area contributed by atoms with Crippen molar-refractivity contribution in [1.29, 1.82) is 0 Å². The number of rotatable bonds is 12. The number of piperidine rings is 1. The van der Waals surface area contributed by atoms with Crippen LogP contribution in [0.1, 0.15) is 79.6 Å². The summed E-state index contributed by atoms with van der Waals surface area (Å²) in [7, 11) is 0. The molecule has 3 fully saturated rings. The van der Waals surface area contributed by atoms with Gasteiger partial charge < -0.3 is 26.2 Å². The van der Waals surface area contributed by atoms with Gasteiger partial charge in [0.05, 0.1) is 6.04 Å². The molecule has 1 aliphatic heterocycles. The molecule has 10 heteroatoms. The molecule has 4 N–H and O–H groups in total. The number of likely N-dealkylation sites (tertiary alicyclic amines) is 1. The standard InChI is InChI=1S/C31H49N5O5/c1-8-10-16-21(25(37)27(39)32-17-9-2)33-26(38)24-22-20(31(22,6)7)18-36(24)28(40)23(19-14-12-11-13-15-19)34-29(41)35-30(3,4)5/h8-9,19-24H,1-2,10-18H2,3-7H3,(H,32,39)(H,33,38)(H2,34,35,41)/t20?,21-,22?,23?,24?/m0/s1. The largest absolute Gasteiger partial charge is 0.346 e. The van der Waals surface area contributed by atoms with Gasteiger partial charge in [-0.3, -0.25) is 19.2 Å². The second kappa shape index (κ2) is 13.2. The van der Waals surface area contributed by atoms with Crippen molar-refractivity contribution in [2.45, 2.75) is 103 Å². The predicted octanol–water partition coefficient (Wildman–Crippen LogP) is 2.84. The molecule has 3 rings (SSSR count). The Morgan fingerprint density at radius 3 is 2.24 bits per heavy atom. The SMILES string of the molecule is C=CCC[C@H](NC(=O)C1C2C(CN1C(=O)C(NC(=O)NC(C)(C)C)C1CCCCC1)C2(C)C)C(=O)C(=O)NCC=C. The molecule has 2 aliphatic carbocycles. The number of hydrogen-bond acceptors (Lipinski definition) is 5. The van der Waals surface area contributed by atoms with Crippen LogP contribution in [-0.2, 0) is 19.2 Å². The number of nitrogens with zero attached hydrogens (tertiary/aromatic N) is 1. The Hall–Kier alpha value is -3.17. The number of fused-ring (bicyclic) bond motifs is 1. The minimum absolute atomic E-state index is 0.0221. The summed E-state index contributed by atoms with van der Waals surface area (Å²) >= 11 is 0. The van der Waals surface area contributed by atoms with Crippen molar-refractivity contribution in [3.8, 4) is 0 Å². The quantitative estimate of drug-likeness (QED) is 0.211. The fourth-order valence-corrected chi connectivity index (χ4v) is 6.58. The third-order valence-corrected chi connectivity index (χ3v) is 8.85. The summed E-state index contributed by atoms with van der Waals surface area (Å²) in [4.78, 5) is 68.0. The Balaban J connectivity index is 1.85. The summed E-state index contributed by atoms with van der Waals surface area (Å²) in [6.07, 6.45) is 8.46. The highest BCUT2D eigenvalue weighted by molar-refractivity contribution is 6.38. The first-order valence-electron chi connectivity index (χ1n) is 15.0. The van der Waals surface area contributed by atoms with Gasteiger partial charge in [0.2, 0.25) is 17.6 Å². The number of nitrogens with one attached hydrogen (secondary N) is 4. The number of ketones is 1. The maximum Gasteiger partial charge on any atom is 0.315 e. The van der Waals surface area contributed by atoms with Crippen LogP contribution in [0.25, 0.3) is 0 Å². The lowest BCUT2D eigenvalue weighted by atomic mass is 9.83. The number of carbonyl (C=O) groups excluding carboxylic acids is 5. The van der Waals surface area contributed by atoms with Crippen LogP contribution in [0.4, 0.5) is 4.79 Å². The summed E-state index contributed by atoms with van der Waals surface area (Å²) in [5.74, 6) is -2.22. The molecule has 1 saturated heterocycles. The summed E-state index contributed by atoms with van der Waals surface area (Å²) in [6, 6.07) is -3.01. The van der Waals surface area contributed by atoms with Crippen molar-refractivity contribution < 1.29 is 24.0 Å². The van der Waals surface area contributed by atoms with Crippen LogP contribution >= 0.6 is 0 Å². The minimum atomic E-state index is -1.05. The van der Waals surface area contributed by atoms with E-state index in [0.29, 0.717) is 13.0 Å². The number of allylic oxidation sites excluding steroid dienone is 1. The Labute approximate surface area is 244 Å². The molecule has 0 spiro atoms. The fourth-order valence-electron chi connectivity index (χ4n) is 6.58. The van der Waals surface area contributed by atoms with Gasteiger partial charge in [0, 0.05) is 18.6 Å². The van der Waals surface area contributed by atoms with Crippen molar-refractivity contribution >= 4 is 29.5 Å². The van der Waals surface area contributed by atoms with Gasteiger partial charge in [0.25, 0.3) is 5.91 Å². The van der Waals surface area contributed by atoms with E-state index < -0.39 is 47.3 Å². The molecule has 5 amide bonds. The molecular weight excluding hydrogens is 522 g/mol. The van der Waals surface area contributed by atoms with Gasteiger partial charge in [0.15, 0.2) is 0 Å². The topological polar surface area (TPSA) is 137 Å². The summed E-state index contributed by atoms with van der Waals surface area (Å²) in [5, 5.41) is 11.1. The average Bonchev–Trinajstić information content (AvgIpc) is 3.23. The van der Waals surface area contributed by atoms with E-state index >= 15 is 0 Å². The number of Topliss-reactive ketones (excluding diaryl/α,β-unsaturated/α-hetero) is 1. The minimum Gasteiger partial charge on any atom is -0.346 e. The fraction of sp³-hybridized carbons (Fsp3) is 0.710. The molecular formula is C31H49N5O5. The molecule has 5 atom stereocenters. The number of urea groups is 1. The Morgan fingerprint density at radius 2 is 1.66 bits per heavy atom. The molecule has 0 aromatic heterocycles. The highest BCUT2D eigenvalue weighted by atomic mass is 16.2. The molecule has 3 aliphatic rings. The van der Waals surface area contributed by atoms with Gasteiger partial charge in [-0.15, -0.1) is 13.2 Å². The van der Waals surface area contributed by atoms with Gasteiger partial charge in [0.1, 0.15) is 12.1 Å². The van der Waals surface area contributed by atoms with Gasteiger partial charge in [-0.05, 0) is 69.6 Å². The van der Waals surface area contributed by atoms with Crippen LogP contribution < -0.4 is 21.3 Å². The molecule has 0 radical (unpaired) electrons. The number of hydrogen-bond donors (Lipinski definition) is 4. The first-order chi connectivity index (χ1) is 19.2. The maximum absolute atomic E-state index is 14.2. The van der Waals surface area contributed by atoms with Gasteiger partial charge >= 0.3 is 6.03 Å². The van der Waals surface area contributed by atoms with Crippen LogP contribution in [0.2, 0.25) is 0 Å². The predicted molar refractivity (Wildman–Crippen MR) is 158 cm³/mol. The molecule has 0 aromatic rings. The highest BCUT2D eigenvalue weighted by Gasteiger charge is 2.69. The van der Waals surface area contributed by atoms with E-state index in [-0.39, 0.29) is 42.0 Å². The van der Waals surface area contributed by atoms with Gasteiger partial charge in [-0.1, -0.05) is 45.3 Å². The van der Waals surface area contributed by atoms with Gasteiger partial charge in [-0.2, -0.15) is 0 Å². The first-order valence-corrected chi connectivity index (χ1v) is 15.0. The second-order valence-electron chi connectivity index (χ2n) is 13.4. The molecule has 0 bridgehead atoms. The van der Waals surface area contributed by atoms with Crippen molar-refractivity contribution in [3.05, 3.63) is 25.3 Å². The highest BCUT2D eigenvalue weighted by Crippen LogP contribution is 2.65. The zero-order valence-electron chi connectivity index (χ0n) is 25.4. The van der Waals surface area contributed by atoms with Crippen molar-refractivity contribution in [2.24, 2.45) is 23.2 Å². The van der Waals surface area contributed by atoms with Gasteiger partial charge in [-0.25, -0.2) is 4.79 Å². The Morgan fingerprint density at radius 1 is 1.00 bits per heavy atom. The zero-order chi connectivity index (χ0) is 30.5. The third-order valence-electron chi connectivity index (χ3n) is 8.85. The van der Waals surface area contributed by atoms with Crippen molar-refractivity contribution in [1.82, 2.24) is 26.2 Å². The Kier molecular flexibility index (Phi) is 10.4. The lowest BCUT2D eigenvalue weighted by Gasteiger charge is -2.37. The molecule has 10 nitrogen and oxygen atoms in total. The third kappa shape index (κ3) is 7.77. The molecule has 41 heavy (non-hydrogen) atoms. The number of amides is 5. The van der Waals surface area contributed by atoms with E-state index in [2.05, 4.69) is 48.3 Å². The number of carbonyl (C=O) groups is 5. The van der Waals surface area contributed by atoms with E-state index in [4.69, 9.17) is 0 Å². The average molecular weight is 572 g/mol. The van der Waals surface area contributed by atoms with Crippen LogP contribution in [0.5, 0.6) is 0 Å². The van der Waals surface area contributed by atoms with Crippen molar-refractivity contribution in [2.75, 3.05) is 13.1 Å². The summed E-state index contributed by atoms with van der Waals surface area (Å²) in [6.45, 7) is 17.6. The molecule has 0 aromatic carbocycles. The van der Waals surface area contributed by atoms with E-state index in [1.54, 1.807) is 11.0 Å². The molecule has 228 valence electrons. The lowest BCUT2D eigenvalue weighted by molar-refractivity contribution is -0.144. The second-order valence-corrected chi connectivity index (χ2v) is 13.4. The lowest BCUT2D eigenvalue weighted by Crippen LogP contribution is -2.61. The molecule has 2 saturated carbocycles. The van der Waals surface area contributed by atoms with Crippen LogP contribution in [-0.4, -0.2) is 71.2 Å². The van der Waals surface area contributed by atoms with E-state index in [1.807, 2.05) is 20.8 Å². The first kappa shape index (κ1) is 32.3. The van der Waals surface area contributed by atoms with E-state index in [1.165, 1.54) is 6.08 Å². The van der Waals surface area contributed by atoms with E-state index in [9.17, 15) is 24.0 Å². The zero-order valence-corrected chi connectivity index (χ0v) is 25.4. The van der Waals surface area contributed by atoms with Crippen LogP contribution in [0, 0.1) is 23.2 Å². The van der Waals surface area contributed by atoms with Crippen LogP contribution in [0.15, 0.2) is 25.3 Å². The smallest absolute Gasteiger partial charge is 0.315 e. The van der Waals surface area contributed by atoms with Crippen LogP contribution in [0.3, 0.4) is 0 Å². The molecule has 1 heterocycles. The Bertz CT molecular complexity index is 1040. The normalized spacial score (nSPS) is 24.7. The molecule has 4 unspecified atom stereocenters. The monoisotopic (exact) mass is 571 g/mol.